The molecule has 0 aliphatic heterocycles. The molecule has 0 bridgehead atoms. The summed E-state index contributed by atoms with van der Waals surface area (Å²) in [4.78, 5) is 25.7. The molecule has 0 saturated heterocycles. The molecule has 0 aliphatic carbocycles. The van der Waals surface area contributed by atoms with Crippen molar-refractivity contribution in [1.82, 2.24) is 10.6 Å². The van der Waals surface area contributed by atoms with Crippen LogP contribution in [0.3, 0.4) is 0 Å². The summed E-state index contributed by atoms with van der Waals surface area (Å²) >= 11 is 0. The zero-order chi connectivity index (χ0) is 24.6. The smallest absolute Gasteiger partial charge is 0.251 e. The Morgan fingerprint density at radius 1 is 0.794 bits per heavy atom. The monoisotopic (exact) mass is 458 g/mol. The zero-order valence-corrected chi connectivity index (χ0v) is 20.1. The fourth-order valence-corrected chi connectivity index (χ4v) is 3.89. The van der Waals surface area contributed by atoms with E-state index in [9.17, 15) is 14.7 Å². The number of aliphatic hydroxyl groups excluding tert-OH is 1. The van der Waals surface area contributed by atoms with Crippen LogP contribution in [0.1, 0.15) is 47.8 Å². The lowest BCUT2D eigenvalue weighted by atomic mass is 9.93. The van der Waals surface area contributed by atoms with Crippen molar-refractivity contribution >= 4 is 11.8 Å². The molecule has 3 aromatic rings. The number of aliphatic hydroxyl groups is 1. The van der Waals surface area contributed by atoms with Gasteiger partial charge in [-0.15, -0.1) is 0 Å². The van der Waals surface area contributed by atoms with Gasteiger partial charge in [-0.1, -0.05) is 78.9 Å². The highest BCUT2D eigenvalue weighted by Gasteiger charge is 2.25. The lowest BCUT2D eigenvalue weighted by Crippen LogP contribution is -2.46. The van der Waals surface area contributed by atoms with Crippen molar-refractivity contribution < 1.29 is 14.7 Å². The van der Waals surface area contributed by atoms with E-state index in [2.05, 4.69) is 10.6 Å². The minimum absolute atomic E-state index is 0.148. The Balaban J connectivity index is 1.78. The molecule has 2 atom stereocenters. The summed E-state index contributed by atoms with van der Waals surface area (Å²) in [5, 5.41) is 17.2. The van der Waals surface area contributed by atoms with Crippen molar-refractivity contribution in [2.45, 2.75) is 57.7 Å². The average molecular weight is 459 g/mol. The minimum atomic E-state index is -0.872. The first kappa shape index (κ1) is 25.2. The highest BCUT2D eigenvalue weighted by molar-refractivity contribution is 5.96. The van der Waals surface area contributed by atoms with Gasteiger partial charge in [-0.25, -0.2) is 0 Å². The molecule has 0 spiro atoms. The summed E-state index contributed by atoms with van der Waals surface area (Å²) in [5.74, 6) is -0.326. The number of hydrogen-bond acceptors (Lipinski definition) is 3. The Bertz CT molecular complexity index is 1080. The van der Waals surface area contributed by atoms with Crippen molar-refractivity contribution in [1.29, 1.82) is 0 Å². The average Bonchev–Trinajstić information content (AvgIpc) is 2.79. The lowest BCUT2D eigenvalue weighted by Gasteiger charge is -2.26. The maximum Gasteiger partial charge on any atom is 0.251 e. The molecule has 3 N–H and O–H groups in total. The standard InChI is InChI=1S/C29H34N2O3/c1-29(2,3)31-28(34)24-17-11-10-16-23(24)20-26(32)25(18-21-12-6-4-7-13-21)30-27(33)19-22-14-8-5-9-15-22/h4-17,25-26,32H,18-20H2,1-3H3,(H,30,33)(H,31,34)/t25-,26+/m0/s1. The van der Waals surface area contributed by atoms with Gasteiger partial charge in [-0.05, 0) is 49.9 Å². The Morgan fingerprint density at radius 2 is 1.35 bits per heavy atom. The second-order valence-corrected chi connectivity index (χ2v) is 9.66. The van der Waals surface area contributed by atoms with Crippen LogP contribution < -0.4 is 10.6 Å². The second kappa shape index (κ2) is 11.6. The number of benzene rings is 3. The van der Waals surface area contributed by atoms with Crippen LogP contribution in [0.15, 0.2) is 84.9 Å². The van der Waals surface area contributed by atoms with Crippen molar-refractivity contribution in [2.75, 3.05) is 0 Å². The van der Waals surface area contributed by atoms with E-state index in [1.807, 2.05) is 99.6 Å². The van der Waals surface area contributed by atoms with Gasteiger partial charge in [-0.3, -0.25) is 9.59 Å². The van der Waals surface area contributed by atoms with E-state index in [0.29, 0.717) is 12.0 Å². The molecule has 0 aliphatic rings. The Hall–Kier alpha value is -3.44. The van der Waals surface area contributed by atoms with Gasteiger partial charge >= 0.3 is 0 Å². The van der Waals surface area contributed by atoms with Crippen molar-refractivity contribution in [3.63, 3.8) is 0 Å². The predicted molar refractivity (Wildman–Crippen MR) is 136 cm³/mol. The van der Waals surface area contributed by atoms with E-state index in [4.69, 9.17) is 0 Å². The summed E-state index contributed by atoms with van der Waals surface area (Å²) in [6.07, 6.45) is 0.0997. The minimum Gasteiger partial charge on any atom is -0.391 e. The summed E-state index contributed by atoms with van der Waals surface area (Å²) in [7, 11) is 0. The summed E-state index contributed by atoms with van der Waals surface area (Å²) < 4.78 is 0. The van der Waals surface area contributed by atoms with Crippen LogP contribution in [0, 0.1) is 0 Å². The summed E-state index contributed by atoms with van der Waals surface area (Å²) in [6.45, 7) is 5.79. The maximum atomic E-state index is 12.8. The Labute approximate surface area is 202 Å². The number of carbonyl (C=O) groups is 2. The fraction of sp³-hybridized carbons (Fsp3) is 0.310. The molecule has 0 unspecified atom stereocenters. The molecule has 0 fully saturated rings. The molecule has 0 aromatic heterocycles. The van der Waals surface area contributed by atoms with Crippen LogP contribution >= 0.6 is 0 Å². The first-order chi connectivity index (χ1) is 16.2. The van der Waals surface area contributed by atoms with Gasteiger partial charge in [-0.2, -0.15) is 0 Å². The van der Waals surface area contributed by atoms with E-state index in [1.165, 1.54) is 0 Å². The zero-order valence-electron chi connectivity index (χ0n) is 20.1. The van der Waals surface area contributed by atoms with E-state index in [1.54, 1.807) is 6.07 Å². The summed E-state index contributed by atoms with van der Waals surface area (Å²) in [5.41, 5.74) is 2.84. The Kier molecular flexibility index (Phi) is 8.61. The molecular formula is C29H34N2O3. The molecule has 178 valence electrons. The van der Waals surface area contributed by atoms with E-state index in [-0.39, 0.29) is 30.2 Å². The first-order valence-corrected chi connectivity index (χ1v) is 11.7. The highest BCUT2D eigenvalue weighted by Crippen LogP contribution is 2.17. The number of carbonyl (C=O) groups excluding carboxylic acids is 2. The molecular weight excluding hydrogens is 424 g/mol. The van der Waals surface area contributed by atoms with E-state index in [0.717, 1.165) is 16.7 Å². The summed E-state index contributed by atoms with van der Waals surface area (Å²) in [6, 6.07) is 26.1. The third-order valence-electron chi connectivity index (χ3n) is 5.50. The molecule has 0 saturated carbocycles. The van der Waals surface area contributed by atoms with Crippen LogP contribution in [0.5, 0.6) is 0 Å². The molecule has 5 heteroatoms. The molecule has 5 nitrogen and oxygen atoms in total. The van der Waals surface area contributed by atoms with Crippen molar-refractivity contribution in [3.05, 3.63) is 107 Å². The largest absolute Gasteiger partial charge is 0.391 e. The number of nitrogens with one attached hydrogen (secondary N) is 2. The van der Waals surface area contributed by atoms with Crippen LogP contribution in [0.25, 0.3) is 0 Å². The third kappa shape index (κ3) is 7.85. The predicted octanol–water partition coefficient (Wildman–Crippen LogP) is 4.09. The highest BCUT2D eigenvalue weighted by atomic mass is 16.3. The van der Waals surface area contributed by atoms with Gasteiger partial charge in [0.15, 0.2) is 0 Å². The van der Waals surface area contributed by atoms with Gasteiger partial charge in [0, 0.05) is 17.5 Å². The molecule has 2 amide bonds. The molecule has 3 aromatic carbocycles. The lowest BCUT2D eigenvalue weighted by molar-refractivity contribution is -0.122. The van der Waals surface area contributed by atoms with Crippen molar-refractivity contribution in [2.24, 2.45) is 0 Å². The quantitative estimate of drug-likeness (QED) is 0.452. The van der Waals surface area contributed by atoms with Crippen molar-refractivity contribution in [3.8, 4) is 0 Å². The first-order valence-electron chi connectivity index (χ1n) is 11.7. The fourth-order valence-electron chi connectivity index (χ4n) is 3.89. The van der Waals surface area contributed by atoms with Crippen LogP contribution in [-0.4, -0.2) is 34.6 Å². The molecule has 3 rings (SSSR count). The SMILES string of the molecule is CC(C)(C)NC(=O)c1ccccc1C[C@@H](O)[C@H](Cc1ccccc1)NC(=O)Cc1ccccc1. The topological polar surface area (TPSA) is 78.4 Å². The normalized spacial score (nSPS) is 13.1. The number of hydrogen-bond donors (Lipinski definition) is 3. The van der Waals surface area contributed by atoms with Crippen LogP contribution in [-0.2, 0) is 24.1 Å². The maximum absolute atomic E-state index is 12.8. The number of amides is 2. The van der Waals surface area contributed by atoms with Crippen LogP contribution in [0.4, 0.5) is 0 Å². The van der Waals surface area contributed by atoms with Gasteiger partial charge in [0.2, 0.25) is 5.91 Å². The molecule has 0 radical (unpaired) electrons. The van der Waals surface area contributed by atoms with Gasteiger partial charge < -0.3 is 15.7 Å². The molecule has 34 heavy (non-hydrogen) atoms. The third-order valence-corrected chi connectivity index (χ3v) is 5.50. The van der Waals surface area contributed by atoms with Crippen LogP contribution in [0.2, 0.25) is 0 Å². The van der Waals surface area contributed by atoms with Gasteiger partial charge in [0.1, 0.15) is 0 Å². The van der Waals surface area contributed by atoms with E-state index < -0.39 is 12.1 Å². The molecule has 0 heterocycles. The Morgan fingerprint density at radius 3 is 1.97 bits per heavy atom. The van der Waals surface area contributed by atoms with E-state index >= 15 is 0 Å². The van der Waals surface area contributed by atoms with Gasteiger partial charge in [0.05, 0.1) is 18.6 Å². The second-order valence-electron chi connectivity index (χ2n) is 9.66. The number of rotatable bonds is 9. The van der Waals surface area contributed by atoms with Gasteiger partial charge in [0.25, 0.3) is 5.91 Å².